The quantitative estimate of drug-likeness (QED) is 0.0554. The third-order valence-corrected chi connectivity index (χ3v) is 11.5. The van der Waals surface area contributed by atoms with Gasteiger partial charge in [0.1, 0.15) is 36.3 Å². The lowest BCUT2D eigenvalue weighted by Gasteiger charge is -2.30. The number of fused-ring (bicyclic) bond motifs is 1. The first kappa shape index (κ1) is 44.3. The second-order valence-corrected chi connectivity index (χ2v) is 17.5. The van der Waals surface area contributed by atoms with E-state index in [-0.39, 0.29) is 35.9 Å². The summed E-state index contributed by atoms with van der Waals surface area (Å²) in [4.78, 5) is 75.3. The first-order valence-corrected chi connectivity index (χ1v) is 21.3. The Morgan fingerprint density at radius 3 is 2.44 bits per heavy atom. The summed E-state index contributed by atoms with van der Waals surface area (Å²) in [5.74, 6) is 0.467. The summed E-state index contributed by atoms with van der Waals surface area (Å²) >= 11 is 1.71. The predicted molar refractivity (Wildman–Crippen MR) is 182 cm³/mol. The summed E-state index contributed by atoms with van der Waals surface area (Å²) in [6.07, 6.45) is -4.52. The van der Waals surface area contributed by atoms with Crippen molar-refractivity contribution in [2.75, 3.05) is 43.5 Å². The number of rotatable bonds is 22. The van der Waals surface area contributed by atoms with E-state index in [0.29, 0.717) is 6.54 Å². The summed E-state index contributed by atoms with van der Waals surface area (Å²) in [6.45, 7) is 3.02. The van der Waals surface area contributed by atoms with Gasteiger partial charge in [-0.05, 0) is 12.2 Å². The average molecular weight is 824 g/mol. The Morgan fingerprint density at radius 1 is 1.08 bits per heavy atom. The normalized spacial score (nSPS) is 22.5. The number of imidazole rings is 1. The summed E-state index contributed by atoms with van der Waals surface area (Å²) in [6, 6.07) is 0. The number of unbranched alkanes of at least 4 members (excludes halogenated alkanes) is 1. The summed E-state index contributed by atoms with van der Waals surface area (Å²) in [5, 5.41) is 26.5. The molecule has 0 saturated carbocycles. The van der Waals surface area contributed by atoms with Crippen molar-refractivity contribution in [1.82, 2.24) is 30.2 Å². The minimum atomic E-state index is -5.54. The number of nitrogen functional groups attached to an aromatic ring is 1. The molecule has 2 amide bonds. The number of nitrogens with zero attached hydrogens (tertiary/aromatic N) is 4. The Kier molecular flexibility index (Phi) is 16.2. The molecule has 10 N–H and O–H groups in total. The molecule has 7 unspecified atom stereocenters. The molecule has 296 valence electrons. The molecule has 1 fully saturated rings. The number of amides is 2. The fourth-order valence-electron chi connectivity index (χ4n) is 4.55. The van der Waals surface area contributed by atoms with E-state index in [2.05, 4.69) is 41.3 Å². The Morgan fingerprint density at radius 2 is 1.77 bits per heavy atom. The number of hydrogen-bond acceptors (Lipinski definition) is 17. The highest BCUT2D eigenvalue weighted by molar-refractivity contribution is 7.99. The maximum absolute atomic E-state index is 12.6. The van der Waals surface area contributed by atoms with Crippen molar-refractivity contribution in [3.8, 4) is 0 Å². The molecule has 3 rings (SSSR count). The van der Waals surface area contributed by atoms with Crippen molar-refractivity contribution >= 4 is 64.0 Å². The van der Waals surface area contributed by atoms with Gasteiger partial charge in [-0.1, -0.05) is 27.2 Å². The summed E-state index contributed by atoms with van der Waals surface area (Å²) < 4.78 is 62.0. The molecule has 23 nitrogen and oxygen atoms in total. The van der Waals surface area contributed by atoms with Gasteiger partial charge in [0.2, 0.25) is 11.8 Å². The van der Waals surface area contributed by atoms with E-state index in [0.717, 1.165) is 41.6 Å². The summed E-state index contributed by atoms with van der Waals surface area (Å²) in [7, 11) is -16.3. The van der Waals surface area contributed by atoms with E-state index in [4.69, 9.17) is 19.5 Å². The maximum atomic E-state index is 12.6. The minimum Gasteiger partial charge on any atom is -0.386 e. The number of carbonyl (C=O) groups excluding carboxylic acids is 2. The zero-order valence-electron chi connectivity index (χ0n) is 28.3. The zero-order chi connectivity index (χ0) is 38.9. The maximum Gasteiger partial charge on any atom is 0.481 e. The van der Waals surface area contributed by atoms with Gasteiger partial charge in [-0.25, -0.2) is 28.6 Å². The highest BCUT2D eigenvalue weighted by Gasteiger charge is 2.50. The average Bonchev–Trinajstić information content (AvgIpc) is 3.60. The number of nitrogens with one attached hydrogen (secondary N) is 2. The largest absolute Gasteiger partial charge is 0.481 e. The lowest BCUT2D eigenvalue weighted by molar-refractivity contribution is -0.137. The summed E-state index contributed by atoms with van der Waals surface area (Å²) in [5.41, 5.74) is 4.32. The van der Waals surface area contributed by atoms with Gasteiger partial charge in [0.05, 0.1) is 19.5 Å². The molecule has 0 radical (unpaired) electrons. The van der Waals surface area contributed by atoms with Gasteiger partial charge in [0, 0.05) is 30.7 Å². The van der Waals surface area contributed by atoms with Gasteiger partial charge < -0.3 is 50.9 Å². The predicted octanol–water partition coefficient (Wildman–Crippen LogP) is -0.0618. The number of hydrogen-bond donors (Lipinski definition) is 9. The lowest BCUT2D eigenvalue weighted by atomic mass is 9.87. The molecule has 2 aromatic rings. The Balaban J connectivity index is 1.53. The molecule has 7 atom stereocenters. The molecule has 3 heterocycles. The molecule has 0 aromatic carbocycles. The van der Waals surface area contributed by atoms with Crippen molar-refractivity contribution < 1.29 is 75.7 Å². The number of carbonyl (C=O) groups is 2. The molecule has 1 aliphatic rings. The number of phosphoric acid groups is 3. The number of phosphoric ester groups is 3. The zero-order valence-corrected chi connectivity index (χ0v) is 31.8. The van der Waals surface area contributed by atoms with Crippen LogP contribution in [0, 0.1) is 5.41 Å². The monoisotopic (exact) mass is 823 g/mol. The van der Waals surface area contributed by atoms with Crippen molar-refractivity contribution in [3.63, 3.8) is 0 Å². The van der Waals surface area contributed by atoms with Crippen LogP contribution in [0.15, 0.2) is 12.7 Å². The number of ether oxygens (including phenoxy) is 1. The standard InChI is InChI=1S/C25H44N7O16P3S/c1-4-5-9-52-10-8-27-16(33)6-7-28-23(36)20(35)25(2,3)12-45-51(42,43)48-50(40,41)44-11-15-19(47-49(37,38)39)18(34)24(46-15)32-14-31-17-21(26)29-13-30-22(17)32/h13-15,18-20,24,34-35H,4-12H2,1-3H3,(H,27,33)(H,28,36)(H,40,41)(H,42,43)(H2,26,29,30)(H2,37,38,39). The van der Waals surface area contributed by atoms with Crippen LogP contribution in [-0.2, 0) is 45.9 Å². The Bertz CT molecular complexity index is 1660. The van der Waals surface area contributed by atoms with E-state index in [9.17, 15) is 53.1 Å². The van der Waals surface area contributed by atoms with Gasteiger partial charge in [0.15, 0.2) is 17.7 Å². The number of thioether (sulfide) groups is 1. The van der Waals surface area contributed by atoms with Crippen LogP contribution in [0.2, 0.25) is 0 Å². The second kappa shape index (κ2) is 19.0. The molecule has 0 spiro atoms. The van der Waals surface area contributed by atoms with Crippen LogP contribution < -0.4 is 16.4 Å². The molecule has 1 aliphatic heterocycles. The van der Waals surface area contributed by atoms with Crippen LogP contribution in [0.25, 0.3) is 11.2 Å². The highest BCUT2D eigenvalue weighted by Crippen LogP contribution is 2.61. The van der Waals surface area contributed by atoms with E-state index >= 15 is 0 Å². The number of aliphatic hydroxyl groups is 2. The third kappa shape index (κ3) is 13.3. The van der Waals surface area contributed by atoms with Crippen molar-refractivity contribution in [2.45, 2.75) is 70.7 Å². The first-order chi connectivity index (χ1) is 24.2. The number of nitrogens with two attached hydrogens (primary N) is 1. The smallest absolute Gasteiger partial charge is 0.386 e. The minimum absolute atomic E-state index is 0.0338. The Hall–Kier alpha value is -2.11. The lowest BCUT2D eigenvalue weighted by Crippen LogP contribution is -2.46. The number of aliphatic hydroxyl groups excluding tert-OH is 2. The van der Waals surface area contributed by atoms with Gasteiger partial charge >= 0.3 is 23.5 Å². The van der Waals surface area contributed by atoms with Crippen molar-refractivity contribution in [3.05, 3.63) is 12.7 Å². The third-order valence-electron chi connectivity index (χ3n) is 7.29. The van der Waals surface area contributed by atoms with Gasteiger partial charge in [-0.3, -0.25) is 27.7 Å². The molecule has 2 aromatic heterocycles. The molecule has 0 bridgehead atoms. The van der Waals surface area contributed by atoms with E-state index < -0.39 is 78.6 Å². The molecule has 0 aliphatic carbocycles. The van der Waals surface area contributed by atoms with Crippen LogP contribution in [0.3, 0.4) is 0 Å². The molecular formula is C25H44N7O16P3S. The SMILES string of the molecule is CCCCSCCNC(=O)CCNC(=O)C(O)C(C)(C)COP(=O)(O)OP(=O)(O)OCC1OC(n2cnc3c(N)ncnc32)C(O)C1OP(=O)(O)O. The number of aromatic nitrogens is 4. The van der Waals surface area contributed by atoms with E-state index in [1.807, 2.05) is 0 Å². The highest BCUT2D eigenvalue weighted by atomic mass is 32.2. The van der Waals surface area contributed by atoms with E-state index in [1.165, 1.54) is 13.8 Å². The van der Waals surface area contributed by atoms with Crippen LogP contribution in [0.1, 0.15) is 46.3 Å². The van der Waals surface area contributed by atoms with Gasteiger partial charge in [-0.15, -0.1) is 0 Å². The fraction of sp³-hybridized carbons (Fsp3) is 0.720. The molecule has 27 heteroatoms. The van der Waals surface area contributed by atoms with Crippen LogP contribution in [0.5, 0.6) is 0 Å². The van der Waals surface area contributed by atoms with E-state index in [1.54, 1.807) is 11.8 Å². The second-order valence-electron chi connectivity index (χ2n) is 12.0. The van der Waals surface area contributed by atoms with Crippen molar-refractivity contribution in [1.29, 1.82) is 0 Å². The molecule has 1 saturated heterocycles. The van der Waals surface area contributed by atoms with Crippen LogP contribution in [-0.4, -0.2) is 123 Å². The topological polar surface area (TPSA) is 347 Å². The Labute approximate surface area is 301 Å². The molecular weight excluding hydrogens is 779 g/mol. The van der Waals surface area contributed by atoms with Crippen molar-refractivity contribution in [2.24, 2.45) is 5.41 Å². The van der Waals surface area contributed by atoms with Gasteiger partial charge in [0.25, 0.3) is 0 Å². The number of anilines is 1. The molecule has 52 heavy (non-hydrogen) atoms. The first-order valence-electron chi connectivity index (χ1n) is 15.6. The van der Waals surface area contributed by atoms with Crippen LogP contribution >= 0.6 is 35.2 Å². The fourth-order valence-corrected chi connectivity index (χ4v) is 8.32. The van der Waals surface area contributed by atoms with Gasteiger partial charge in [-0.2, -0.15) is 16.1 Å². The van der Waals surface area contributed by atoms with Crippen LogP contribution in [0.4, 0.5) is 5.82 Å².